The zero-order chi connectivity index (χ0) is 16.3. The number of ether oxygens (including phenoxy) is 1. The summed E-state index contributed by atoms with van der Waals surface area (Å²) in [5, 5.41) is 8.35. The average Bonchev–Trinajstić information content (AvgIpc) is 2.85. The van der Waals surface area contributed by atoms with Crippen molar-refractivity contribution in [3.8, 4) is 0 Å². The second-order valence-corrected chi connectivity index (χ2v) is 7.94. The minimum Gasteiger partial charge on any atom is -0.444 e. The molecule has 1 aliphatic heterocycles. The van der Waals surface area contributed by atoms with Crippen molar-refractivity contribution in [2.75, 3.05) is 12.3 Å². The number of rotatable bonds is 3. The first-order chi connectivity index (χ1) is 10.3. The van der Waals surface area contributed by atoms with E-state index >= 15 is 0 Å². The molecule has 0 bridgehead atoms. The van der Waals surface area contributed by atoms with E-state index < -0.39 is 16.4 Å². The minimum atomic E-state index is -1.26. The Kier molecular flexibility index (Phi) is 5.16. The summed E-state index contributed by atoms with van der Waals surface area (Å²) >= 11 is 0. The molecule has 1 aromatic rings. The Bertz CT molecular complexity index is 554. The van der Waals surface area contributed by atoms with Crippen LogP contribution in [0.2, 0.25) is 0 Å². The molecule has 1 fully saturated rings. The van der Waals surface area contributed by atoms with E-state index in [1.54, 1.807) is 17.0 Å². The second-order valence-electron chi connectivity index (χ2n) is 6.49. The van der Waals surface area contributed by atoms with E-state index in [0.717, 1.165) is 18.5 Å². The predicted octanol–water partition coefficient (Wildman–Crippen LogP) is 2.29. The van der Waals surface area contributed by atoms with Crippen LogP contribution in [0, 0.1) is 6.92 Å². The fourth-order valence-electron chi connectivity index (χ4n) is 2.34. The Morgan fingerprint density at radius 3 is 2.73 bits per heavy atom. The normalized spacial score (nSPS) is 20.0. The van der Waals surface area contributed by atoms with Gasteiger partial charge in [-0.1, -0.05) is 0 Å². The van der Waals surface area contributed by atoms with Gasteiger partial charge in [-0.15, -0.1) is 5.10 Å². The molecule has 1 aliphatic rings. The van der Waals surface area contributed by atoms with Crippen molar-refractivity contribution in [1.82, 2.24) is 15.1 Å². The van der Waals surface area contributed by atoms with Crippen LogP contribution in [0.15, 0.2) is 17.2 Å². The molecule has 1 saturated heterocycles. The number of aryl methyl sites for hydroxylation is 1. The van der Waals surface area contributed by atoms with E-state index in [2.05, 4.69) is 10.2 Å². The summed E-state index contributed by atoms with van der Waals surface area (Å²) in [5.41, 5.74) is 0.267. The van der Waals surface area contributed by atoms with Crippen molar-refractivity contribution in [2.24, 2.45) is 0 Å². The fourth-order valence-corrected chi connectivity index (χ4v) is 3.56. The largest absolute Gasteiger partial charge is 0.444 e. The van der Waals surface area contributed by atoms with Crippen LogP contribution in [0.1, 0.15) is 39.3 Å². The van der Waals surface area contributed by atoms with E-state index in [9.17, 15) is 9.00 Å². The van der Waals surface area contributed by atoms with Crippen LogP contribution in [0.3, 0.4) is 0 Å². The summed E-state index contributed by atoms with van der Waals surface area (Å²) in [6.45, 7) is 8.01. The van der Waals surface area contributed by atoms with Crippen molar-refractivity contribution in [3.05, 3.63) is 17.8 Å². The summed E-state index contributed by atoms with van der Waals surface area (Å²) in [7, 11) is -1.26. The van der Waals surface area contributed by atoms with Gasteiger partial charge in [0.2, 0.25) is 0 Å². The van der Waals surface area contributed by atoms with Gasteiger partial charge >= 0.3 is 6.09 Å². The van der Waals surface area contributed by atoms with Crippen LogP contribution in [-0.2, 0) is 15.5 Å². The highest BCUT2D eigenvalue weighted by atomic mass is 32.2. The first-order valence-electron chi connectivity index (χ1n) is 7.44. The highest BCUT2D eigenvalue weighted by Crippen LogP contribution is 2.22. The third-order valence-corrected chi connectivity index (χ3v) is 4.73. The molecule has 122 valence electrons. The van der Waals surface area contributed by atoms with Crippen LogP contribution >= 0.6 is 0 Å². The maximum atomic E-state index is 12.4. The molecule has 2 rings (SSSR count). The van der Waals surface area contributed by atoms with Gasteiger partial charge in [-0.05, 0) is 52.7 Å². The van der Waals surface area contributed by atoms with Gasteiger partial charge in [0.1, 0.15) is 10.6 Å². The van der Waals surface area contributed by atoms with E-state index in [-0.39, 0.29) is 12.1 Å². The summed E-state index contributed by atoms with van der Waals surface area (Å²) in [6.07, 6.45) is 1.41. The lowest BCUT2D eigenvalue weighted by Gasteiger charge is -2.28. The Balaban J connectivity index is 2.00. The van der Waals surface area contributed by atoms with Crippen molar-refractivity contribution < 1.29 is 13.7 Å². The average molecular weight is 325 g/mol. The van der Waals surface area contributed by atoms with Crippen LogP contribution in [0.4, 0.5) is 4.79 Å². The Morgan fingerprint density at radius 1 is 1.41 bits per heavy atom. The molecule has 22 heavy (non-hydrogen) atoms. The number of hydrogen-bond acceptors (Lipinski definition) is 5. The minimum absolute atomic E-state index is 0.0706. The van der Waals surface area contributed by atoms with E-state index in [1.807, 2.05) is 27.7 Å². The van der Waals surface area contributed by atoms with Gasteiger partial charge in [0.25, 0.3) is 0 Å². The molecule has 6 nitrogen and oxygen atoms in total. The standard InChI is InChI=1S/C15H23N3O3S/c1-11-7-8-13(17-16-11)22(20)10-12-6-5-9-18(12)14(19)21-15(2,3)4/h7-8,12H,5-6,9-10H2,1-4H3/t12-,22+/m1/s1. The van der Waals surface area contributed by atoms with Crippen molar-refractivity contribution in [1.29, 1.82) is 0 Å². The van der Waals surface area contributed by atoms with E-state index in [1.165, 1.54) is 0 Å². The molecule has 1 aromatic heterocycles. The van der Waals surface area contributed by atoms with Gasteiger partial charge in [0.15, 0.2) is 0 Å². The Labute approximate surface area is 133 Å². The number of likely N-dealkylation sites (tertiary alicyclic amines) is 1. The lowest BCUT2D eigenvalue weighted by atomic mass is 10.2. The number of carbonyl (C=O) groups is 1. The van der Waals surface area contributed by atoms with Gasteiger partial charge < -0.3 is 9.64 Å². The SMILES string of the molecule is Cc1ccc([S@@](=O)C[C@H]2CCCN2C(=O)OC(C)(C)C)nn1. The quantitative estimate of drug-likeness (QED) is 0.852. The van der Waals surface area contributed by atoms with Gasteiger partial charge in [-0.2, -0.15) is 5.10 Å². The summed E-state index contributed by atoms with van der Waals surface area (Å²) in [4.78, 5) is 13.9. The molecule has 0 radical (unpaired) electrons. The second kappa shape index (κ2) is 6.73. The highest BCUT2D eigenvalue weighted by Gasteiger charge is 2.33. The third-order valence-electron chi connectivity index (χ3n) is 3.36. The number of aromatic nitrogens is 2. The number of nitrogens with zero attached hydrogens (tertiary/aromatic N) is 3. The molecule has 7 heteroatoms. The predicted molar refractivity (Wildman–Crippen MR) is 84.0 cm³/mol. The van der Waals surface area contributed by atoms with Gasteiger partial charge in [0, 0.05) is 12.6 Å². The molecule has 2 heterocycles. The van der Waals surface area contributed by atoms with Crippen molar-refractivity contribution >= 4 is 16.9 Å². The Morgan fingerprint density at radius 2 is 2.14 bits per heavy atom. The van der Waals surface area contributed by atoms with Gasteiger partial charge in [-0.25, -0.2) is 4.79 Å². The van der Waals surface area contributed by atoms with Crippen molar-refractivity contribution in [2.45, 2.75) is 57.2 Å². The smallest absolute Gasteiger partial charge is 0.410 e. The van der Waals surface area contributed by atoms with E-state index in [0.29, 0.717) is 17.3 Å². The maximum absolute atomic E-state index is 12.4. The van der Waals surface area contributed by atoms with Gasteiger partial charge in [0.05, 0.1) is 22.2 Å². The first kappa shape index (κ1) is 16.9. The topological polar surface area (TPSA) is 72.4 Å². The molecule has 0 N–H and O–H groups in total. The molecular weight excluding hydrogens is 302 g/mol. The highest BCUT2D eigenvalue weighted by molar-refractivity contribution is 7.85. The number of carbonyl (C=O) groups excluding carboxylic acids is 1. The van der Waals surface area contributed by atoms with Crippen LogP contribution in [0.25, 0.3) is 0 Å². The molecule has 0 spiro atoms. The van der Waals surface area contributed by atoms with Gasteiger partial charge in [-0.3, -0.25) is 4.21 Å². The molecule has 0 unspecified atom stereocenters. The molecule has 0 saturated carbocycles. The number of hydrogen-bond donors (Lipinski definition) is 0. The van der Waals surface area contributed by atoms with Crippen LogP contribution in [-0.4, -0.2) is 49.3 Å². The molecule has 0 aliphatic carbocycles. The van der Waals surface area contributed by atoms with E-state index in [4.69, 9.17) is 4.74 Å². The molecule has 0 aromatic carbocycles. The Hall–Kier alpha value is -1.50. The lowest BCUT2D eigenvalue weighted by Crippen LogP contribution is -2.42. The maximum Gasteiger partial charge on any atom is 0.410 e. The third kappa shape index (κ3) is 4.50. The summed E-state index contributed by atoms with van der Waals surface area (Å²) in [6, 6.07) is 3.45. The zero-order valence-corrected chi connectivity index (χ0v) is 14.4. The molecule has 2 atom stereocenters. The van der Waals surface area contributed by atoms with Crippen molar-refractivity contribution in [3.63, 3.8) is 0 Å². The zero-order valence-electron chi connectivity index (χ0n) is 13.5. The monoisotopic (exact) mass is 325 g/mol. The fraction of sp³-hybridized carbons (Fsp3) is 0.667. The molecular formula is C15H23N3O3S. The molecule has 1 amide bonds. The lowest BCUT2D eigenvalue weighted by molar-refractivity contribution is 0.0241. The van der Waals surface area contributed by atoms with Crippen LogP contribution in [0.5, 0.6) is 0 Å². The summed E-state index contributed by atoms with van der Waals surface area (Å²) < 4.78 is 17.8. The number of amides is 1. The van der Waals surface area contributed by atoms with Crippen LogP contribution < -0.4 is 0 Å². The summed E-state index contributed by atoms with van der Waals surface area (Å²) in [5.74, 6) is 0.372. The first-order valence-corrected chi connectivity index (χ1v) is 8.76.